The third-order valence-electron chi connectivity index (χ3n) is 11.4. The van der Waals surface area contributed by atoms with Crippen LogP contribution in [0.15, 0.2) is 163 Å². The van der Waals surface area contributed by atoms with Crippen molar-refractivity contribution >= 4 is 28.4 Å². The number of hydrogen-bond acceptors (Lipinski definition) is 3. The number of fused-ring (bicyclic) bond motifs is 7. The number of ether oxygens (including phenoxy) is 1. The number of nitrogens with zero attached hydrogens (tertiary/aromatic N) is 2. The molecule has 6 atom stereocenters. The molecular weight excluding hydrogens is 621 g/mol. The highest BCUT2D eigenvalue weighted by Gasteiger charge is 2.53. The Morgan fingerprint density at radius 2 is 1.14 bits per heavy atom. The third kappa shape index (κ3) is 5.39. The van der Waals surface area contributed by atoms with Crippen LogP contribution in [0.3, 0.4) is 0 Å². The highest BCUT2D eigenvalue weighted by atomic mass is 16.5. The molecule has 252 valence electrons. The maximum atomic E-state index is 7.32. The molecule has 0 aromatic heterocycles. The summed E-state index contributed by atoms with van der Waals surface area (Å²) in [7, 11) is 0. The Bertz CT molecular complexity index is 2260. The Kier molecular flexibility index (Phi) is 7.89. The first-order valence-electron chi connectivity index (χ1n) is 18.3. The van der Waals surface area contributed by atoms with E-state index in [-0.39, 0.29) is 35.9 Å². The van der Waals surface area contributed by atoms with Gasteiger partial charge in [-0.3, -0.25) is 0 Å². The molecule has 3 heteroatoms. The summed E-state index contributed by atoms with van der Waals surface area (Å²) in [6.07, 6.45) is 14.4. The van der Waals surface area contributed by atoms with Gasteiger partial charge >= 0.3 is 0 Å². The molecule has 51 heavy (non-hydrogen) atoms. The van der Waals surface area contributed by atoms with E-state index in [9.17, 15) is 0 Å². The van der Waals surface area contributed by atoms with Crippen molar-refractivity contribution in [1.29, 1.82) is 0 Å². The molecule has 5 aromatic rings. The van der Waals surface area contributed by atoms with Crippen molar-refractivity contribution in [3.63, 3.8) is 0 Å². The molecular formula is C48H44N2O. The van der Waals surface area contributed by atoms with E-state index in [1.807, 2.05) is 0 Å². The molecule has 0 bridgehead atoms. The average Bonchev–Trinajstić information content (AvgIpc) is 3.52. The van der Waals surface area contributed by atoms with Gasteiger partial charge in [0.1, 0.15) is 0 Å². The molecule has 1 fully saturated rings. The summed E-state index contributed by atoms with van der Waals surface area (Å²) in [5, 5.41) is 0. The number of rotatable bonds is 6. The van der Waals surface area contributed by atoms with Gasteiger partial charge < -0.3 is 14.5 Å². The lowest BCUT2D eigenvalue weighted by atomic mass is 9.68. The molecule has 1 saturated heterocycles. The van der Waals surface area contributed by atoms with Gasteiger partial charge in [-0.05, 0) is 91.9 Å². The van der Waals surface area contributed by atoms with Crippen LogP contribution >= 0.6 is 0 Å². The molecule has 0 radical (unpaired) electrons. The molecule has 3 nitrogen and oxygen atoms in total. The van der Waals surface area contributed by atoms with Gasteiger partial charge in [-0.2, -0.15) is 0 Å². The zero-order valence-corrected chi connectivity index (χ0v) is 29.8. The van der Waals surface area contributed by atoms with Crippen molar-refractivity contribution < 1.29 is 4.74 Å². The van der Waals surface area contributed by atoms with E-state index < -0.39 is 0 Å². The Morgan fingerprint density at radius 1 is 0.529 bits per heavy atom. The Hall–Kier alpha value is -5.38. The lowest BCUT2D eigenvalue weighted by Crippen LogP contribution is -2.41. The molecule has 1 aliphatic heterocycles. The standard InChI is InChI=1S/C48H44N2O/c1-31-15-13-19-35(27-31)49(43-25-11-5-17-33(43)3)45-29-41-42-30-46(50(36-20-14-16-32(2)28-36)44-26-12-6-18-34(44)4)38-22-8-10-24-40(38)48(42)51-47(41)39-23-9-7-21-37(39)45/h5-30,37,39,41-42,47-48H,1-4H3. The molecule has 9 rings (SSSR count). The summed E-state index contributed by atoms with van der Waals surface area (Å²) in [6, 6.07) is 44.4. The number of anilines is 4. The van der Waals surface area contributed by atoms with Crippen molar-refractivity contribution in [2.75, 3.05) is 9.80 Å². The van der Waals surface area contributed by atoms with Gasteiger partial charge in [-0.15, -0.1) is 0 Å². The lowest BCUT2D eigenvalue weighted by molar-refractivity contribution is 0.000103. The summed E-state index contributed by atoms with van der Waals surface area (Å²) in [4.78, 5) is 5.01. The predicted molar refractivity (Wildman–Crippen MR) is 211 cm³/mol. The highest BCUT2D eigenvalue weighted by molar-refractivity contribution is 5.91. The molecule has 5 aromatic carbocycles. The Morgan fingerprint density at radius 3 is 1.82 bits per heavy atom. The maximum absolute atomic E-state index is 7.32. The summed E-state index contributed by atoms with van der Waals surface area (Å²) in [6.45, 7) is 8.81. The van der Waals surface area contributed by atoms with E-state index in [0.717, 1.165) is 0 Å². The number of benzene rings is 5. The fourth-order valence-corrected chi connectivity index (χ4v) is 9.01. The number of hydrogen-bond donors (Lipinski definition) is 0. The van der Waals surface area contributed by atoms with Crippen LogP contribution in [-0.2, 0) is 4.74 Å². The van der Waals surface area contributed by atoms with Crippen LogP contribution in [0.2, 0.25) is 0 Å². The second-order valence-electron chi connectivity index (χ2n) is 14.7. The van der Waals surface area contributed by atoms with E-state index in [4.69, 9.17) is 4.74 Å². The molecule has 6 unspecified atom stereocenters. The molecule has 4 aliphatic rings. The van der Waals surface area contributed by atoms with E-state index >= 15 is 0 Å². The third-order valence-corrected chi connectivity index (χ3v) is 11.4. The first-order chi connectivity index (χ1) is 25.0. The normalized spacial score (nSPS) is 24.1. The molecule has 1 heterocycles. The molecule has 0 spiro atoms. The van der Waals surface area contributed by atoms with Gasteiger partial charge in [0.15, 0.2) is 0 Å². The molecule has 0 amide bonds. The van der Waals surface area contributed by atoms with Crippen molar-refractivity contribution in [2.45, 2.75) is 39.9 Å². The van der Waals surface area contributed by atoms with Crippen LogP contribution in [0.4, 0.5) is 22.7 Å². The first-order valence-corrected chi connectivity index (χ1v) is 18.3. The van der Waals surface area contributed by atoms with Gasteiger partial charge in [0.05, 0.1) is 17.9 Å². The molecule has 3 aliphatic carbocycles. The van der Waals surface area contributed by atoms with E-state index in [0.29, 0.717) is 0 Å². The maximum Gasteiger partial charge on any atom is 0.0905 e. The second kappa shape index (κ2) is 12.7. The van der Waals surface area contributed by atoms with Crippen LogP contribution in [0.5, 0.6) is 0 Å². The van der Waals surface area contributed by atoms with Gasteiger partial charge in [0.25, 0.3) is 0 Å². The Labute approximate surface area is 302 Å². The van der Waals surface area contributed by atoms with Crippen molar-refractivity contribution in [2.24, 2.45) is 23.7 Å². The van der Waals surface area contributed by atoms with Crippen LogP contribution in [0.1, 0.15) is 39.5 Å². The lowest BCUT2D eigenvalue weighted by Gasteiger charge is -2.43. The number of aryl methyl sites for hydroxylation is 4. The number of allylic oxidation sites excluding steroid dienone is 3. The summed E-state index contributed by atoms with van der Waals surface area (Å²) >= 11 is 0. The minimum absolute atomic E-state index is 0.0300. The zero-order valence-electron chi connectivity index (χ0n) is 29.8. The van der Waals surface area contributed by atoms with Crippen molar-refractivity contribution in [3.05, 3.63) is 197 Å². The number of para-hydroxylation sites is 2. The smallest absolute Gasteiger partial charge is 0.0905 e. The molecule has 0 saturated carbocycles. The van der Waals surface area contributed by atoms with E-state index in [1.54, 1.807) is 0 Å². The van der Waals surface area contributed by atoms with Crippen molar-refractivity contribution in [3.8, 4) is 0 Å². The van der Waals surface area contributed by atoms with Crippen molar-refractivity contribution in [1.82, 2.24) is 0 Å². The second-order valence-corrected chi connectivity index (χ2v) is 14.7. The monoisotopic (exact) mass is 664 g/mol. The van der Waals surface area contributed by atoms with E-state index in [2.05, 4.69) is 195 Å². The SMILES string of the molecule is Cc1cccc(N(C2=CC3C(OC4C5C=CC=CC5C(N(c5cccc(C)c5)c5ccccc5C)=CC34)c3ccccc32)c2ccccc2C)c1. The van der Waals surface area contributed by atoms with Crippen LogP contribution in [0, 0.1) is 51.4 Å². The van der Waals surface area contributed by atoms with E-state index in [1.165, 1.54) is 67.5 Å². The molecule has 0 N–H and O–H groups in total. The predicted octanol–water partition coefficient (Wildman–Crippen LogP) is 11.9. The average molecular weight is 665 g/mol. The summed E-state index contributed by atoms with van der Waals surface area (Å²) in [5.41, 5.74) is 14.9. The summed E-state index contributed by atoms with van der Waals surface area (Å²) in [5.74, 6) is 0.738. The minimum atomic E-state index is -0.0300. The summed E-state index contributed by atoms with van der Waals surface area (Å²) < 4.78 is 7.32. The first kappa shape index (κ1) is 31.6. The highest BCUT2D eigenvalue weighted by Crippen LogP contribution is 2.58. The fourth-order valence-electron chi connectivity index (χ4n) is 9.01. The largest absolute Gasteiger partial charge is 0.368 e. The Balaban J connectivity index is 1.25. The topological polar surface area (TPSA) is 15.7 Å². The van der Waals surface area contributed by atoms with Crippen LogP contribution in [0.25, 0.3) is 5.70 Å². The van der Waals surface area contributed by atoms with Gasteiger partial charge in [0.2, 0.25) is 0 Å². The quantitative estimate of drug-likeness (QED) is 0.180. The van der Waals surface area contributed by atoms with Gasteiger partial charge in [0, 0.05) is 57.7 Å². The van der Waals surface area contributed by atoms with Crippen LogP contribution in [-0.4, -0.2) is 6.10 Å². The van der Waals surface area contributed by atoms with Gasteiger partial charge in [-0.25, -0.2) is 0 Å². The van der Waals surface area contributed by atoms with Gasteiger partial charge in [-0.1, -0.05) is 121 Å². The fraction of sp³-hybridized carbons (Fsp3) is 0.208. The zero-order chi connectivity index (χ0) is 34.6. The minimum Gasteiger partial charge on any atom is -0.368 e. The van der Waals surface area contributed by atoms with Crippen LogP contribution < -0.4 is 9.80 Å².